The van der Waals surface area contributed by atoms with E-state index in [0.717, 1.165) is 31.5 Å². The van der Waals surface area contributed by atoms with Gasteiger partial charge in [0.15, 0.2) is 0 Å². The highest BCUT2D eigenvalue weighted by Crippen LogP contribution is 2.08. The first-order valence-corrected chi connectivity index (χ1v) is 5.99. The summed E-state index contributed by atoms with van der Waals surface area (Å²) in [5.41, 5.74) is 3.54. The smallest absolute Gasteiger partial charge is 0.323 e. The fourth-order valence-corrected chi connectivity index (χ4v) is 1.87. The van der Waals surface area contributed by atoms with Gasteiger partial charge in [0.1, 0.15) is 0 Å². The highest BCUT2D eigenvalue weighted by molar-refractivity contribution is 5.81. The molecule has 0 unspecified atom stereocenters. The number of amides is 2. The number of hydrogen-bond donors (Lipinski definition) is 1. The minimum Gasteiger partial charge on any atom is -0.323 e. The number of carbonyl (C=O) groups excluding carboxylic acids is 1. The number of urea groups is 1. The van der Waals surface area contributed by atoms with Crippen molar-refractivity contribution in [2.75, 3.05) is 13.1 Å². The summed E-state index contributed by atoms with van der Waals surface area (Å²) < 4.78 is 0. The number of carbonyl (C=O) groups is 1. The van der Waals surface area contributed by atoms with Gasteiger partial charge < -0.3 is 4.90 Å². The summed E-state index contributed by atoms with van der Waals surface area (Å²) in [6.07, 6.45) is 5.06. The summed E-state index contributed by atoms with van der Waals surface area (Å²) in [7, 11) is 0. The molecule has 90 valence electrons. The Kier molecular flexibility index (Phi) is 4.13. The fraction of sp³-hybridized carbons (Fsp3) is 0.385. The van der Waals surface area contributed by atoms with E-state index < -0.39 is 0 Å². The second-order valence-corrected chi connectivity index (χ2v) is 4.13. The van der Waals surface area contributed by atoms with Gasteiger partial charge in [0.05, 0.1) is 6.21 Å². The Bertz CT molecular complexity index is 383. The van der Waals surface area contributed by atoms with Crippen LogP contribution in [0, 0.1) is 0 Å². The highest BCUT2D eigenvalue weighted by atomic mass is 16.2. The number of benzene rings is 1. The number of hydrogen-bond acceptors (Lipinski definition) is 2. The Morgan fingerprint density at radius 1 is 1.18 bits per heavy atom. The fourth-order valence-electron chi connectivity index (χ4n) is 1.87. The minimum atomic E-state index is -0.100. The molecular formula is C13H17N3O. The summed E-state index contributed by atoms with van der Waals surface area (Å²) >= 11 is 0. The van der Waals surface area contributed by atoms with Crippen molar-refractivity contribution < 1.29 is 4.79 Å². The van der Waals surface area contributed by atoms with E-state index in [4.69, 9.17) is 0 Å². The molecule has 0 aromatic heterocycles. The van der Waals surface area contributed by atoms with Crippen LogP contribution in [-0.4, -0.2) is 30.2 Å². The van der Waals surface area contributed by atoms with E-state index in [1.54, 1.807) is 6.21 Å². The molecule has 1 aromatic carbocycles. The molecule has 0 aliphatic carbocycles. The van der Waals surface area contributed by atoms with Crippen molar-refractivity contribution in [2.45, 2.75) is 19.3 Å². The number of nitrogens with zero attached hydrogens (tertiary/aromatic N) is 2. The van der Waals surface area contributed by atoms with Gasteiger partial charge in [-0.15, -0.1) is 0 Å². The van der Waals surface area contributed by atoms with Crippen molar-refractivity contribution in [3.8, 4) is 0 Å². The molecule has 0 atom stereocenters. The number of likely N-dealkylation sites (tertiary alicyclic amines) is 1. The number of piperidine rings is 1. The number of nitrogens with one attached hydrogen (secondary N) is 1. The minimum absolute atomic E-state index is 0.100. The zero-order valence-electron chi connectivity index (χ0n) is 9.80. The molecule has 2 amide bonds. The highest BCUT2D eigenvalue weighted by Gasteiger charge is 2.15. The predicted octanol–water partition coefficient (Wildman–Crippen LogP) is 2.22. The molecule has 1 fully saturated rings. The number of hydrazone groups is 1. The lowest BCUT2D eigenvalue weighted by molar-refractivity contribution is 0.187. The van der Waals surface area contributed by atoms with Crippen molar-refractivity contribution in [1.29, 1.82) is 0 Å². The van der Waals surface area contributed by atoms with Gasteiger partial charge in [-0.2, -0.15) is 5.10 Å². The van der Waals surface area contributed by atoms with Crippen LogP contribution in [0.1, 0.15) is 24.8 Å². The molecule has 0 saturated carbocycles. The van der Waals surface area contributed by atoms with Crippen LogP contribution in [0.4, 0.5) is 4.79 Å². The monoisotopic (exact) mass is 231 g/mol. The topological polar surface area (TPSA) is 44.7 Å². The molecule has 1 saturated heterocycles. The van der Waals surface area contributed by atoms with Gasteiger partial charge in [-0.1, -0.05) is 30.3 Å². The third-order valence-corrected chi connectivity index (χ3v) is 2.82. The van der Waals surface area contributed by atoms with E-state index in [2.05, 4.69) is 10.5 Å². The van der Waals surface area contributed by atoms with Gasteiger partial charge in [-0.3, -0.25) is 0 Å². The van der Waals surface area contributed by atoms with Crippen molar-refractivity contribution in [1.82, 2.24) is 10.3 Å². The second-order valence-electron chi connectivity index (χ2n) is 4.13. The summed E-state index contributed by atoms with van der Waals surface area (Å²) in [6.45, 7) is 1.68. The zero-order valence-corrected chi connectivity index (χ0v) is 9.80. The second kappa shape index (κ2) is 6.03. The van der Waals surface area contributed by atoms with Crippen molar-refractivity contribution >= 4 is 12.2 Å². The first-order valence-electron chi connectivity index (χ1n) is 5.99. The number of rotatable bonds is 2. The third-order valence-electron chi connectivity index (χ3n) is 2.82. The van der Waals surface area contributed by atoms with Crippen LogP contribution in [0.15, 0.2) is 35.4 Å². The van der Waals surface area contributed by atoms with Crippen LogP contribution in [0.25, 0.3) is 0 Å². The lowest BCUT2D eigenvalue weighted by atomic mass is 10.1. The summed E-state index contributed by atoms with van der Waals surface area (Å²) in [5, 5.41) is 3.95. The lowest BCUT2D eigenvalue weighted by Crippen LogP contribution is -2.40. The van der Waals surface area contributed by atoms with Gasteiger partial charge in [0, 0.05) is 13.1 Å². The molecule has 0 spiro atoms. The maximum Gasteiger partial charge on any atom is 0.337 e. The first kappa shape index (κ1) is 11.6. The van der Waals surface area contributed by atoms with E-state index in [0.29, 0.717) is 0 Å². The first-order chi connectivity index (χ1) is 8.36. The molecule has 4 nitrogen and oxygen atoms in total. The van der Waals surface area contributed by atoms with Crippen molar-refractivity contribution in [3.05, 3.63) is 35.9 Å². The van der Waals surface area contributed by atoms with E-state index >= 15 is 0 Å². The van der Waals surface area contributed by atoms with Crippen molar-refractivity contribution in [3.63, 3.8) is 0 Å². The predicted molar refractivity (Wildman–Crippen MR) is 68.0 cm³/mol. The van der Waals surface area contributed by atoms with Crippen LogP contribution < -0.4 is 5.43 Å². The molecule has 1 aromatic rings. The van der Waals surface area contributed by atoms with Crippen LogP contribution in [-0.2, 0) is 0 Å². The summed E-state index contributed by atoms with van der Waals surface area (Å²) in [4.78, 5) is 13.5. The molecule has 2 rings (SSSR count). The zero-order chi connectivity index (χ0) is 11.9. The Morgan fingerprint density at radius 3 is 2.59 bits per heavy atom. The quantitative estimate of drug-likeness (QED) is 0.615. The van der Waals surface area contributed by atoms with Crippen LogP contribution in [0.3, 0.4) is 0 Å². The lowest BCUT2D eigenvalue weighted by Gasteiger charge is -2.25. The van der Waals surface area contributed by atoms with Crippen LogP contribution >= 0.6 is 0 Å². The van der Waals surface area contributed by atoms with E-state index in [1.165, 1.54) is 6.42 Å². The Balaban J connectivity index is 1.81. The maximum absolute atomic E-state index is 11.7. The Hall–Kier alpha value is -1.84. The summed E-state index contributed by atoms with van der Waals surface area (Å²) in [5.74, 6) is 0. The standard InChI is InChI=1S/C13H17N3O/c17-13(16-9-5-2-6-10-16)15-14-11-12-7-3-1-4-8-12/h1,3-4,7-8,11H,2,5-6,9-10H2,(H,15,17). The Morgan fingerprint density at radius 2 is 1.88 bits per heavy atom. The van der Waals surface area contributed by atoms with Crippen molar-refractivity contribution in [2.24, 2.45) is 5.10 Å². The SMILES string of the molecule is O=C(NN=Cc1ccccc1)N1CCCCC1. The molecule has 17 heavy (non-hydrogen) atoms. The molecule has 1 aliphatic heterocycles. The van der Waals surface area contributed by atoms with Gasteiger partial charge in [-0.05, 0) is 24.8 Å². The maximum atomic E-state index is 11.7. The average Bonchev–Trinajstić information content (AvgIpc) is 2.41. The summed E-state index contributed by atoms with van der Waals surface area (Å²) in [6, 6.07) is 9.61. The van der Waals surface area contributed by atoms with Crippen LogP contribution in [0.5, 0.6) is 0 Å². The molecule has 0 bridgehead atoms. The van der Waals surface area contributed by atoms with E-state index in [-0.39, 0.29) is 6.03 Å². The third kappa shape index (κ3) is 3.59. The molecule has 1 N–H and O–H groups in total. The van der Waals surface area contributed by atoms with Gasteiger partial charge >= 0.3 is 6.03 Å². The molecule has 0 radical (unpaired) electrons. The van der Waals surface area contributed by atoms with E-state index in [9.17, 15) is 4.79 Å². The normalized spacial score (nSPS) is 16.1. The average molecular weight is 231 g/mol. The van der Waals surface area contributed by atoms with Gasteiger partial charge in [-0.25, -0.2) is 10.2 Å². The molecular weight excluding hydrogens is 214 g/mol. The van der Waals surface area contributed by atoms with E-state index in [1.807, 2.05) is 35.2 Å². The van der Waals surface area contributed by atoms with Crippen LogP contribution in [0.2, 0.25) is 0 Å². The molecule has 1 heterocycles. The molecule has 1 aliphatic rings. The molecule has 4 heteroatoms. The Labute approximate surface area is 101 Å². The van der Waals surface area contributed by atoms with Gasteiger partial charge in [0.2, 0.25) is 0 Å². The largest absolute Gasteiger partial charge is 0.337 e. The van der Waals surface area contributed by atoms with Gasteiger partial charge in [0.25, 0.3) is 0 Å².